The first-order valence-corrected chi connectivity index (χ1v) is 9.78. The summed E-state index contributed by atoms with van der Waals surface area (Å²) in [5, 5.41) is 2.24. The number of hydrogen-bond acceptors (Lipinski definition) is 2. The predicted molar refractivity (Wildman–Crippen MR) is 104 cm³/mol. The van der Waals surface area contributed by atoms with Crippen LogP contribution < -0.4 is 5.32 Å². The van der Waals surface area contributed by atoms with Crippen LogP contribution >= 0.6 is 0 Å². The fourth-order valence-corrected chi connectivity index (χ4v) is 3.53. The van der Waals surface area contributed by atoms with Gasteiger partial charge in [0.25, 0.3) is 0 Å². The molecule has 3 nitrogen and oxygen atoms in total. The van der Waals surface area contributed by atoms with Gasteiger partial charge in [-0.3, -0.25) is 9.00 Å². The molecule has 24 heavy (non-hydrogen) atoms. The fourth-order valence-electron chi connectivity index (χ4n) is 2.04. The molecule has 0 aliphatic carbocycles. The fraction of sp³-hybridized carbons (Fsp3) is 0.350. The van der Waals surface area contributed by atoms with Gasteiger partial charge in [-0.25, -0.2) is 0 Å². The summed E-state index contributed by atoms with van der Waals surface area (Å²) in [7, 11) is 0.253. The highest BCUT2D eigenvalue weighted by molar-refractivity contribution is 7.86. The van der Waals surface area contributed by atoms with Gasteiger partial charge < -0.3 is 5.32 Å². The Kier molecular flexibility index (Phi) is 12.4. The highest BCUT2D eigenvalue weighted by Crippen LogP contribution is 2.28. The molecule has 0 aliphatic rings. The average Bonchev–Trinajstić information content (AvgIpc) is 2.67. The van der Waals surface area contributed by atoms with E-state index in [9.17, 15) is 9.00 Å². The summed E-state index contributed by atoms with van der Waals surface area (Å²) in [5.41, 5.74) is 1.92. The maximum Gasteiger partial charge on any atom is 0.232 e. The lowest BCUT2D eigenvalue weighted by atomic mass is 10.0. The minimum Gasteiger partial charge on any atom is -0.358 e. The molecule has 2 aromatic carbocycles. The van der Waals surface area contributed by atoms with Crippen LogP contribution in [0.25, 0.3) is 0 Å². The number of amides is 1. The number of carbonyl (C=O) groups is 1. The van der Waals surface area contributed by atoms with Gasteiger partial charge in [0.15, 0.2) is 0 Å². The Morgan fingerprint density at radius 3 is 1.58 bits per heavy atom. The van der Waals surface area contributed by atoms with Gasteiger partial charge in [0.1, 0.15) is 5.75 Å². The lowest BCUT2D eigenvalue weighted by molar-refractivity contribution is -0.118. The zero-order valence-electron chi connectivity index (χ0n) is 15.3. The van der Waals surface area contributed by atoms with Crippen molar-refractivity contribution in [1.29, 1.82) is 0 Å². The Balaban J connectivity index is 0.00000123. The third-order valence-corrected chi connectivity index (χ3v) is 4.64. The van der Waals surface area contributed by atoms with E-state index in [1.165, 1.54) is 0 Å². The SMILES string of the molecule is CC.CC.CNC(=O)CS(=O)C(c1ccccc1)c1ccccc1. The third-order valence-electron chi connectivity index (χ3n) is 3.02. The molecule has 2 rings (SSSR count). The first-order valence-electron chi connectivity index (χ1n) is 8.40. The largest absolute Gasteiger partial charge is 0.358 e. The van der Waals surface area contributed by atoms with Gasteiger partial charge in [-0.1, -0.05) is 88.4 Å². The molecule has 0 heterocycles. The van der Waals surface area contributed by atoms with Crippen LogP contribution in [-0.2, 0) is 15.6 Å². The highest BCUT2D eigenvalue weighted by atomic mass is 32.2. The quantitative estimate of drug-likeness (QED) is 0.875. The topological polar surface area (TPSA) is 46.2 Å². The van der Waals surface area contributed by atoms with Crippen LogP contribution in [-0.4, -0.2) is 22.9 Å². The second-order valence-corrected chi connectivity index (χ2v) is 5.92. The van der Waals surface area contributed by atoms with Gasteiger partial charge in [0, 0.05) is 17.8 Å². The van der Waals surface area contributed by atoms with Crippen LogP contribution in [0.2, 0.25) is 0 Å². The molecular weight excluding hydrogens is 318 g/mol. The van der Waals surface area contributed by atoms with E-state index in [1.54, 1.807) is 7.05 Å². The summed E-state index contributed by atoms with van der Waals surface area (Å²) in [6.07, 6.45) is 0. The predicted octanol–water partition coefficient (Wildman–Crippen LogP) is 4.32. The molecule has 0 bridgehead atoms. The molecule has 4 heteroatoms. The standard InChI is InChI=1S/C16H17NO2S.2C2H6/c1-17-15(18)12-20(19)16(13-8-4-2-5-9-13)14-10-6-3-7-11-14;2*1-2/h2-11,16H,12H2,1H3,(H,17,18);2*1-2H3. The van der Waals surface area contributed by atoms with Crippen molar-refractivity contribution in [2.45, 2.75) is 32.9 Å². The zero-order chi connectivity index (χ0) is 18.4. The molecule has 1 unspecified atom stereocenters. The van der Waals surface area contributed by atoms with Gasteiger partial charge in [-0.15, -0.1) is 0 Å². The highest BCUT2D eigenvalue weighted by Gasteiger charge is 2.22. The molecule has 0 saturated heterocycles. The maximum atomic E-state index is 12.6. The summed E-state index contributed by atoms with van der Waals surface area (Å²) < 4.78 is 12.6. The van der Waals surface area contributed by atoms with Gasteiger partial charge >= 0.3 is 0 Å². The summed E-state index contributed by atoms with van der Waals surface area (Å²) in [6.45, 7) is 8.00. The lowest BCUT2D eigenvalue weighted by Crippen LogP contribution is -2.26. The van der Waals surface area contributed by atoms with Crippen LogP contribution in [0.4, 0.5) is 0 Å². The van der Waals surface area contributed by atoms with Crippen molar-refractivity contribution in [3.63, 3.8) is 0 Å². The molecule has 1 atom stereocenters. The van der Waals surface area contributed by atoms with Crippen LogP contribution in [0.15, 0.2) is 60.7 Å². The molecule has 1 N–H and O–H groups in total. The summed E-state index contributed by atoms with van der Waals surface area (Å²) in [4.78, 5) is 11.5. The van der Waals surface area contributed by atoms with E-state index in [1.807, 2.05) is 88.4 Å². The Bertz CT molecular complexity index is 546. The molecule has 132 valence electrons. The maximum absolute atomic E-state index is 12.6. The molecule has 0 aliphatic heterocycles. The van der Waals surface area contributed by atoms with Crippen LogP contribution in [0, 0.1) is 0 Å². The van der Waals surface area contributed by atoms with Crippen LogP contribution in [0.1, 0.15) is 44.1 Å². The third kappa shape index (κ3) is 7.09. The van der Waals surface area contributed by atoms with Gasteiger partial charge in [-0.2, -0.15) is 0 Å². The Hall–Kier alpha value is -1.94. The lowest BCUT2D eigenvalue weighted by Gasteiger charge is -2.17. The molecule has 0 saturated carbocycles. The van der Waals surface area contributed by atoms with Gasteiger partial charge in [-0.05, 0) is 11.1 Å². The second kappa shape index (κ2) is 13.5. The second-order valence-electron chi connectivity index (χ2n) is 4.40. The minimum absolute atomic E-state index is 0.00492. The first kappa shape index (κ1) is 22.1. The first-order chi connectivity index (χ1) is 11.7. The number of carbonyl (C=O) groups excluding carboxylic acids is 1. The number of benzene rings is 2. The molecule has 0 radical (unpaired) electrons. The van der Waals surface area contributed by atoms with Crippen molar-refractivity contribution >= 4 is 16.7 Å². The van der Waals surface area contributed by atoms with Crippen molar-refractivity contribution in [3.05, 3.63) is 71.8 Å². The average molecular weight is 348 g/mol. The summed E-state index contributed by atoms with van der Waals surface area (Å²) in [5.74, 6) is -0.203. The van der Waals surface area contributed by atoms with Crippen molar-refractivity contribution in [3.8, 4) is 0 Å². The Morgan fingerprint density at radius 2 is 1.25 bits per heavy atom. The summed E-state index contributed by atoms with van der Waals surface area (Å²) >= 11 is 0. The van der Waals surface area contributed by atoms with Crippen LogP contribution in [0.3, 0.4) is 0 Å². The van der Waals surface area contributed by atoms with E-state index in [0.717, 1.165) is 11.1 Å². The van der Waals surface area contributed by atoms with Gasteiger partial charge in [0.2, 0.25) is 5.91 Å². The molecule has 0 spiro atoms. The number of rotatable bonds is 5. The van der Waals surface area contributed by atoms with Gasteiger partial charge in [0.05, 0.1) is 5.25 Å². The van der Waals surface area contributed by atoms with Crippen molar-refractivity contribution in [2.24, 2.45) is 0 Å². The minimum atomic E-state index is -1.30. The normalized spacial score (nSPS) is 10.6. The smallest absolute Gasteiger partial charge is 0.232 e. The molecule has 0 aromatic heterocycles. The number of hydrogen-bond donors (Lipinski definition) is 1. The van der Waals surface area contributed by atoms with E-state index in [2.05, 4.69) is 5.32 Å². The molecule has 2 aromatic rings. The van der Waals surface area contributed by atoms with Crippen molar-refractivity contribution in [1.82, 2.24) is 5.32 Å². The zero-order valence-corrected chi connectivity index (χ0v) is 16.1. The van der Waals surface area contributed by atoms with E-state index in [0.29, 0.717) is 0 Å². The van der Waals surface area contributed by atoms with E-state index < -0.39 is 10.8 Å². The Labute approximate surface area is 149 Å². The van der Waals surface area contributed by atoms with E-state index >= 15 is 0 Å². The summed E-state index contributed by atoms with van der Waals surface area (Å²) in [6, 6.07) is 19.3. The number of nitrogens with one attached hydrogen (secondary N) is 1. The van der Waals surface area contributed by atoms with Crippen LogP contribution in [0.5, 0.6) is 0 Å². The van der Waals surface area contributed by atoms with Crippen molar-refractivity contribution < 1.29 is 9.00 Å². The van der Waals surface area contributed by atoms with Crippen molar-refractivity contribution in [2.75, 3.05) is 12.8 Å². The molecule has 1 amide bonds. The Morgan fingerprint density at radius 1 is 0.875 bits per heavy atom. The van der Waals surface area contributed by atoms with E-state index in [4.69, 9.17) is 0 Å². The monoisotopic (exact) mass is 347 g/mol. The van der Waals surface area contributed by atoms with E-state index in [-0.39, 0.29) is 16.9 Å². The molecular formula is C20H29NO2S. The molecule has 0 fully saturated rings.